The van der Waals surface area contributed by atoms with Crippen LogP contribution in [0, 0.1) is 0 Å². The molecule has 1 aromatic rings. The van der Waals surface area contributed by atoms with Gasteiger partial charge in [0, 0.05) is 12.8 Å². The van der Waals surface area contributed by atoms with E-state index in [4.69, 9.17) is 0 Å². The van der Waals surface area contributed by atoms with Crippen LogP contribution in [0.25, 0.3) is 0 Å². The van der Waals surface area contributed by atoms with Crippen molar-refractivity contribution in [2.75, 3.05) is 0 Å². The van der Waals surface area contributed by atoms with Crippen molar-refractivity contribution in [2.24, 2.45) is 0 Å². The van der Waals surface area contributed by atoms with Gasteiger partial charge >= 0.3 is 5.97 Å². The highest BCUT2D eigenvalue weighted by molar-refractivity contribution is 5.83. The minimum atomic E-state index is -1.02. The van der Waals surface area contributed by atoms with Gasteiger partial charge in [0.2, 0.25) is 5.91 Å². The summed E-state index contributed by atoms with van der Waals surface area (Å²) >= 11 is 0. The molecule has 2 N–H and O–H groups in total. The van der Waals surface area contributed by atoms with Crippen LogP contribution in [0.3, 0.4) is 0 Å². The van der Waals surface area contributed by atoms with Gasteiger partial charge in [-0.15, -0.1) is 0 Å². The Morgan fingerprint density at radius 3 is 2.03 bits per heavy atom. The number of carboxylic acids is 1. The molecule has 1 amide bonds. The highest BCUT2D eigenvalue weighted by atomic mass is 16.4. The summed E-state index contributed by atoms with van der Waals surface area (Å²) in [6.07, 6.45) is 32.6. The Morgan fingerprint density at radius 1 is 0.771 bits per heavy atom. The average molecular weight is 476 g/mol. The topological polar surface area (TPSA) is 66.4 Å². The fourth-order valence-electron chi connectivity index (χ4n) is 3.17. The first-order valence-electron chi connectivity index (χ1n) is 12.6. The number of hydrogen-bond acceptors (Lipinski definition) is 2. The number of unbranched alkanes of at least 4 members (excludes halogenated alkanes) is 1. The van der Waals surface area contributed by atoms with Gasteiger partial charge in [0.25, 0.3) is 0 Å². The number of nitrogens with one attached hydrogen (secondary N) is 1. The van der Waals surface area contributed by atoms with Crippen LogP contribution >= 0.6 is 0 Å². The average Bonchev–Trinajstić information content (AvgIpc) is 2.85. The summed E-state index contributed by atoms with van der Waals surface area (Å²) in [4.78, 5) is 23.5. The first-order chi connectivity index (χ1) is 17.1. The van der Waals surface area contributed by atoms with Gasteiger partial charge in [0.15, 0.2) is 0 Å². The lowest BCUT2D eigenvalue weighted by Crippen LogP contribution is -2.42. The Bertz CT molecular complexity index is 876. The Hall–Kier alpha value is -3.40. The maximum Gasteiger partial charge on any atom is 0.326 e. The van der Waals surface area contributed by atoms with Crippen LogP contribution in [0.2, 0.25) is 0 Å². The smallest absolute Gasteiger partial charge is 0.326 e. The van der Waals surface area contributed by atoms with E-state index in [0.29, 0.717) is 6.42 Å². The van der Waals surface area contributed by atoms with Crippen molar-refractivity contribution in [3.63, 3.8) is 0 Å². The molecule has 0 bridgehead atoms. The summed E-state index contributed by atoms with van der Waals surface area (Å²) in [7, 11) is 0. The number of rotatable bonds is 18. The van der Waals surface area contributed by atoms with Crippen molar-refractivity contribution in [1.82, 2.24) is 5.32 Å². The second kappa shape index (κ2) is 21.2. The molecule has 35 heavy (non-hydrogen) atoms. The molecule has 0 radical (unpaired) electrons. The van der Waals surface area contributed by atoms with Crippen LogP contribution < -0.4 is 5.32 Å². The molecule has 0 saturated carbocycles. The third-order valence-electron chi connectivity index (χ3n) is 5.06. The van der Waals surface area contributed by atoms with E-state index in [1.165, 1.54) is 0 Å². The molecule has 1 atom stereocenters. The number of hydrogen-bond donors (Lipinski definition) is 2. The van der Waals surface area contributed by atoms with E-state index in [1.54, 1.807) is 0 Å². The molecule has 1 aromatic carbocycles. The number of aliphatic carboxylic acids is 1. The first-order valence-corrected chi connectivity index (χ1v) is 12.6. The molecule has 0 aliphatic heterocycles. The van der Waals surface area contributed by atoms with Crippen LogP contribution in [0.4, 0.5) is 0 Å². The number of carboxylic acid groups (broad SMARTS) is 1. The van der Waals surface area contributed by atoms with Crippen LogP contribution in [0.1, 0.15) is 63.9 Å². The van der Waals surface area contributed by atoms with Gasteiger partial charge in [-0.1, -0.05) is 110 Å². The summed E-state index contributed by atoms with van der Waals surface area (Å²) in [5, 5.41) is 12.0. The largest absolute Gasteiger partial charge is 0.480 e. The molecule has 4 heteroatoms. The Kier molecular flexibility index (Phi) is 17.9. The lowest BCUT2D eigenvalue weighted by molar-refractivity contribution is -0.141. The fraction of sp³-hybridized carbons (Fsp3) is 0.355. The maximum absolute atomic E-state index is 12.1. The molecule has 4 nitrogen and oxygen atoms in total. The van der Waals surface area contributed by atoms with E-state index in [-0.39, 0.29) is 18.7 Å². The summed E-state index contributed by atoms with van der Waals surface area (Å²) in [5.74, 6) is -1.26. The van der Waals surface area contributed by atoms with Gasteiger partial charge in [-0.05, 0) is 50.5 Å². The third-order valence-corrected chi connectivity index (χ3v) is 5.06. The first kappa shape index (κ1) is 29.6. The molecular weight excluding hydrogens is 434 g/mol. The van der Waals surface area contributed by atoms with Crippen molar-refractivity contribution < 1.29 is 14.7 Å². The molecule has 0 aromatic heterocycles. The van der Waals surface area contributed by atoms with E-state index in [1.807, 2.05) is 42.5 Å². The number of benzene rings is 1. The molecule has 0 saturated heterocycles. The van der Waals surface area contributed by atoms with E-state index in [2.05, 4.69) is 73.0 Å². The van der Waals surface area contributed by atoms with Crippen molar-refractivity contribution in [2.45, 2.75) is 70.8 Å². The number of carbonyl (C=O) groups excluding carboxylic acids is 1. The normalized spacial score (nSPS) is 13.3. The quantitative estimate of drug-likeness (QED) is 0.133. The predicted octanol–water partition coefficient (Wildman–Crippen LogP) is 7.28. The monoisotopic (exact) mass is 475 g/mol. The molecule has 0 spiro atoms. The molecule has 0 aliphatic carbocycles. The zero-order valence-electron chi connectivity index (χ0n) is 21.0. The minimum absolute atomic E-state index is 0.244. The van der Waals surface area contributed by atoms with Gasteiger partial charge in [-0.3, -0.25) is 4.79 Å². The molecule has 0 heterocycles. The van der Waals surface area contributed by atoms with Gasteiger partial charge in [-0.25, -0.2) is 4.79 Å². The zero-order valence-corrected chi connectivity index (χ0v) is 21.0. The minimum Gasteiger partial charge on any atom is -0.480 e. The Labute approximate surface area is 211 Å². The van der Waals surface area contributed by atoms with Gasteiger partial charge in [0.1, 0.15) is 6.04 Å². The Morgan fingerprint density at radius 2 is 1.34 bits per heavy atom. The molecule has 0 aliphatic rings. The van der Waals surface area contributed by atoms with E-state index >= 15 is 0 Å². The highest BCUT2D eigenvalue weighted by Crippen LogP contribution is 2.05. The zero-order chi connectivity index (χ0) is 25.4. The molecule has 1 unspecified atom stereocenters. The molecular formula is C31H41NO3. The highest BCUT2D eigenvalue weighted by Gasteiger charge is 2.19. The second-order valence-corrected chi connectivity index (χ2v) is 8.12. The van der Waals surface area contributed by atoms with Crippen molar-refractivity contribution in [1.29, 1.82) is 0 Å². The van der Waals surface area contributed by atoms with Gasteiger partial charge in [-0.2, -0.15) is 0 Å². The van der Waals surface area contributed by atoms with Crippen LogP contribution in [-0.4, -0.2) is 23.0 Å². The lowest BCUT2D eigenvalue weighted by Gasteiger charge is -2.14. The van der Waals surface area contributed by atoms with E-state index in [0.717, 1.165) is 44.1 Å². The van der Waals surface area contributed by atoms with Crippen molar-refractivity contribution in [3.05, 3.63) is 109 Å². The molecule has 188 valence electrons. The lowest BCUT2D eigenvalue weighted by atomic mass is 10.1. The summed E-state index contributed by atoms with van der Waals surface area (Å²) in [6, 6.07) is 8.41. The number of carbonyl (C=O) groups is 2. The number of allylic oxidation sites excluding steroid dienone is 12. The van der Waals surface area contributed by atoms with Crippen molar-refractivity contribution >= 4 is 11.9 Å². The van der Waals surface area contributed by atoms with Crippen LogP contribution in [0.5, 0.6) is 0 Å². The van der Waals surface area contributed by atoms with E-state index < -0.39 is 12.0 Å². The molecule has 1 rings (SSSR count). The van der Waals surface area contributed by atoms with Crippen molar-refractivity contribution in [3.8, 4) is 0 Å². The van der Waals surface area contributed by atoms with E-state index in [9.17, 15) is 14.7 Å². The Balaban J connectivity index is 2.11. The summed E-state index contributed by atoms with van der Waals surface area (Å²) in [5.41, 5.74) is 0.886. The van der Waals surface area contributed by atoms with Crippen LogP contribution in [-0.2, 0) is 16.0 Å². The van der Waals surface area contributed by atoms with Gasteiger partial charge in [0.05, 0.1) is 0 Å². The maximum atomic E-state index is 12.1. The fourth-order valence-corrected chi connectivity index (χ4v) is 3.17. The summed E-state index contributed by atoms with van der Waals surface area (Å²) in [6.45, 7) is 2.15. The van der Waals surface area contributed by atoms with Crippen LogP contribution in [0.15, 0.2) is 103 Å². The summed E-state index contributed by atoms with van der Waals surface area (Å²) < 4.78 is 0. The predicted molar refractivity (Wildman–Crippen MR) is 147 cm³/mol. The SMILES string of the molecule is CCC=CCC=CCCC=CC=CCC=CCC=CCCC(=O)NC(Cc1ccccc1)C(=O)O. The third kappa shape index (κ3) is 17.7. The number of amides is 1. The second-order valence-electron chi connectivity index (χ2n) is 8.12. The van der Waals surface area contributed by atoms with Gasteiger partial charge < -0.3 is 10.4 Å². The standard InChI is InChI=1S/C31H41NO3/c1-2-3-4-5-6-7-8-9-10-11-12-13-14-15-16-17-18-19-23-26-30(33)32-29(31(34)35)27-28-24-21-20-22-25-28/h3-4,6-7,10-13,15-16,18-22,24-25,29H,2,5,8-9,14,17,23,26-27H2,1H3,(H,32,33)(H,34,35). The molecule has 0 fully saturated rings.